The summed E-state index contributed by atoms with van der Waals surface area (Å²) in [5.74, 6) is 0. The molecule has 0 bridgehead atoms. The molecule has 0 saturated heterocycles. The lowest BCUT2D eigenvalue weighted by molar-refractivity contribution is 0.397. The van der Waals surface area contributed by atoms with E-state index in [9.17, 15) is 0 Å². The average Bonchev–Trinajstić information content (AvgIpc) is 2.33. The number of rotatable bonds is 4. The van der Waals surface area contributed by atoms with Crippen LogP contribution in [0.15, 0.2) is 24.3 Å². The maximum absolute atomic E-state index is 3.67. The van der Waals surface area contributed by atoms with Crippen molar-refractivity contribution in [2.45, 2.75) is 51.6 Å². The van der Waals surface area contributed by atoms with Crippen molar-refractivity contribution in [3.63, 3.8) is 0 Å². The summed E-state index contributed by atoms with van der Waals surface area (Å²) >= 11 is 0. The van der Waals surface area contributed by atoms with Crippen LogP contribution in [0.25, 0.3) is 0 Å². The number of nitrogens with one attached hydrogen (secondary N) is 2. The van der Waals surface area contributed by atoms with E-state index in [0.717, 1.165) is 13.1 Å². The average molecular weight is 246 g/mol. The molecule has 0 aliphatic heterocycles. The Bertz CT molecular complexity index is 379. The van der Waals surface area contributed by atoms with Crippen molar-refractivity contribution < 1.29 is 0 Å². The molecule has 0 radical (unpaired) electrons. The first kappa shape index (κ1) is 13.6. The Morgan fingerprint density at radius 3 is 2.56 bits per heavy atom. The molecule has 2 N–H and O–H groups in total. The highest BCUT2D eigenvalue weighted by atomic mass is 15.0. The van der Waals surface area contributed by atoms with Crippen LogP contribution in [-0.4, -0.2) is 24.7 Å². The normalized spacial score (nSPS) is 19.6. The van der Waals surface area contributed by atoms with Gasteiger partial charge in [0.05, 0.1) is 0 Å². The second kappa shape index (κ2) is 5.85. The van der Waals surface area contributed by atoms with Gasteiger partial charge in [0.15, 0.2) is 0 Å². The van der Waals surface area contributed by atoms with E-state index in [1.807, 2.05) is 0 Å². The SMILES string of the molecule is CC(C)(C)NCCNC1CCc2ccccc2C1. The molecule has 2 nitrogen and oxygen atoms in total. The van der Waals surface area contributed by atoms with Gasteiger partial charge in [0.1, 0.15) is 0 Å². The molecule has 0 fully saturated rings. The fourth-order valence-corrected chi connectivity index (χ4v) is 2.59. The van der Waals surface area contributed by atoms with Crippen LogP contribution in [0, 0.1) is 0 Å². The van der Waals surface area contributed by atoms with Crippen LogP contribution >= 0.6 is 0 Å². The van der Waals surface area contributed by atoms with E-state index in [2.05, 4.69) is 55.7 Å². The van der Waals surface area contributed by atoms with Crippen LogP contribution in [-0.2, 0) is 12.8 Å². The minimum atomic E-state index is 0.223. The minimum Gasteiger partial charge on any atom is -0.312 e. The van der Waals surface area contributed by atoms with Gasteiger partial charge in [-0.3, -0.25) is 0 Å². The van der Waals surface area contributed by atoms with Crippen molar-refractivity contribution >= 4 is 0 Å². The van der Waals surface area contributed by atoms with Crippen LogP contribution in [0.5, 0.6) is 0 Å². The molecule has 0 heterocycles. The van der Waals surface area contributed by atoms with Crippen LogP contribution in [0.1, 0.15) is 38.3 Å². The maximum Gasteiger partial charge on any atom is 0.0111 e. The summed E-state index contributed by atoms with van der Waals surface area (Å²) in [5.41, 5.74) is 3.30. The molecule has 100 valence electrons. The maximum atomic E-state index is 3.67. The quantitative estimate of drug-likeness (QED) is 0.798. The number of aryl methyl sites for hydroxylation is 1. The third-order valence-electron chi connectivity index (χ3n) is 3.56. The molecule has 0 saturated carbocycles. The molecule has 0 amide bonds. The number of hydrogen-bond acceptors (Lipinski definition) is 2. The van der Waals surface area contributed by atoms with Crippen LogP contribution < -0.4 is 10.6 Å². The summed E-state index contributed by atoms with van der Waals surface area (Å²) in [6.07, 6.45) is 3.68. The van der Waals surface area contributed by atoms with Gasteiger partial charge in [-0.2, -0.15) is 0 Å². The molecule has 1 unspecified atom stereocenters. The topological polar surface area (TPSA) is 24.1 Å². The van der Waals surface area contributed by atoms with Gasteiger partial charge in [-0.05, 0) is 51.2 Å². The Morgan fingerprint density at radius 1 is 1.11 bits per heavy atom. The summed E-state index contributed by atoms with van der Waals surface area (Å²) in [6.45, 7) is 8.74. The standard InChI is InChI=1S/C16H26N2/c1-16(2,3)18-11-10-17-15-9-8-13-6-4-5-7-14(13)12-15/h4-7,15,17-18H,8-12H2,1-3H3. The van der Waals surface area contributed by atoms with Gasteiger partial charge in [0, 0.05) is 24.7 Å². The summed E-state index contributed by atoms with van der Waals surface area (Å²) in [7, 11) is 0. The molecule has 1 atom stereocenters. The van der Waals surface area contributed by atoms with E-state index in [1.165, 1.54) is 24.8 Å². The molecule has 1 aromatic carbocycles. The molecule has 2 rings (SSSR count). The van der Waals surface area contributed by atoms with Crippen molar-refractivity contribution in [2.75, 3.05) is 13.1 Å². The third kappa shape index (κ3) is 4.11. The van der Waals surface area contributed by atoms with Crippen molar-refractivity contribution in [1.29, 1.82) is 0 Å². The molecule has 1 aliphatic carbocycles. The van der Waals surface area contributed by atoms with Crippen LogP contribution in [0.4, 0.5) is 0 Å². The Kier molecular flexibility index (Phi) is 4.41. The summed E-state index contributed by atoms with van der Waals surface area (Å²) in [5, 5.41) is 7.19. The number of fused-ring (bicyclic) bond motifs is 1. The summed E-state index contributed by atoms with van der Waals surface area (Å²) in [6, 6.07) is 9.51. The zero-order valence-corrected chi connectivity index (χ0v) is 11.9. The van der Waals surface area contributed by atoms with Crippen LogP contribution in [0.3, 0.4) is 0 Å². The molecule has 1 aliphatic rings. The van der Waals surface area contributed by atoms with Crippen molar-refractivity contribution in [3.05, 3.63) is 35.4 Å². The molecular weight excluding hydrogens is 220 g/mol. The van der Waals surface area contributed by atoms with E-state index in [0.29, 0.717) is 6.04 Å². The van der Waals surface area contributed by atoms with Crippen LogP contribution in [0.2, 0.25) is 0 Å². The highest BCUT2D eigenvalue weighted by Crippen LogP contribution is 2.20. The second-order valence-electron chi connectivity index (χ2n) is 6.34. The Balaban J connectivity index is 1.73. The summed E-state index contributed by atoms with van der Waals surface area (Å²) in [4.78, 5) is 0. The zero-order chi connectivity index (χ0) is 13.0. The molecule has 2 heteroatoms. The van der Waals surface area contributed by atoms with Gasteiger partial charge in [-0.25, -0.2) is 0 Å². The van der Waals surface area contributed by atoms with E-state index >= 15 is 0 Å². The van der Waals surface area contributed by atoms with Gasteiger partial charge >= 0.3 is 0 Å². The van der Waals surface area contributed by atoms with Crippen molar-refractivity contribution in [2.24, 2.45) is 0 Å². The zero-order valence-electron chi connectivity index (χ0n) is 11.9. The van der Waals surface area contributed by atoms with Crippen molar-refractivity contribution in [1.82, 2.24) is 10.6 Å². The lowest BCUT2D eigenvalue weighted by Gasteiger charge is -2.27. The Labute approximate surface area is 111 Å². The van der Waals surface area contributed by atoms with Gasteiger partial charge in [0.2, 0.25) is 0 Å². The number of benzene rings is 1. The fraction of sp³-hybridized carbons (Fsp3) is 0.625. The molecule has 18 heavy (non-hydrogen) atoms. The third-order valence-corrected chi connectivity index (χ3v) is 3.56. The predicted molar refractivity (Wildman–Crippen MR) is 78.0 cm³/mol. The molecule has 1 aromatic rings. The van der Waals surface area contributed by atoms with E-state index in [-0.39, 0.29) is 5.54 Å². The van der Waals surface area contributed by atoms with E-state index in [4.69, 9.17) is 0 Å². The Hall–Kier alpha value is -0.860. The van der Waals surface area contributed by atoms with Gasteiger partial charge in [0.25, 0.3) is 0 Å². The smallest absolute Gasteiger partial charge is 0.0111 e. The molecular formula is C16H26N2. The largest absolute Gasteiger partial charge is 0.312 e. The van der Waals surface area contributed by atoms with Gasteiger partial charge < -0.3 is 10.6 Å². The highest BCUT2D eigenvalue weighted by molar-refractivity contribution is 5.30. The molecule has 0 spiro atoms. The fourth-order valence-electron chi connectivity index (χ4n) is 2.59. The second-order valence-corrected chi connectivity index (χ2v) is 6.34. The van der Waals surface area contributed by atoms with Crippen molar-refractivity contribution in [3.8, 4) is 0 Å². The minimum absolute atomic E-state index is 0.223. The lowest BCUT2D eigenvalue weighted by Crippen LogP contribution is -2.43. The highest BCUT2D eigenvalue weighted by Gasteiger charge is 2.17. The first-order chi connectivity index (χ1) is 8.54. The first-order valence-electron chi connectivity index (χ1n) is 7.10. The van der Waals surface area contributed by atoms with E-state index < -0.39 is 0 Å². The summed E-state index contributed by atoms with van der Waals surface area (Å²) < 4.78 is 0. The Morgan fingerprint density at radius 2 is 1.83 bits per heavy atom. The predicted octanol–water partition coefficient (Wildman–Crippen LogP) is 2.52. The monoisotopic (exact) mass is 246 g/mol. The molecule has 0 aromatic heterocycles. The van der Waals surface area contributed by atoms with Gasteiger partial charge in [-0.15, -0.1) is 0 Å². The van der Waals surface area contributed by atoms with Gasteiger partial charge in [-0.1, -0.05) is 24.3 Å². The lowest BCUT2D eigenvalue weighted by atomic mass is 9.88. The van der Waals surface area contributed by atoms with E-state index in [1.54, 1.807) is 5.56 Å². The first-order valence-corrected chi connectivity index (χ1v) is 7.10. The number of hydrogen-bond donors (Lipinski definition) is 2.